The molecule has 0 aliphatic carbocycles. The van der Waals surface area contributed by atoms with Crippen molar-refractivity contribution in [1.82, 2.24) is 5.32 Å². The van der Waals surface area contributed by atoms with Crippen LogP contribution in [0, 0.1) is 0 Å². The third-order valence-electron chi connectivity index (χ3n) is 3.25. The highest BCUT2D eigenvalue weighted by Gasteiger charge is 2.45. The summed E-state index contributed by atoms with van der Waals surface area (Å²) in [4.78, 5) is 13.8. The first-order valence-electron chi connectivity index (χ1n) is 7.03. The lowest BCUT2D eigenvalue weighted by atomic mass is 9.97. The van der Waals surface area contributed by atoms with Crippen LogP contribution >= 0.6 is 0 Å². The fraction of sp³-hybridized carbons (Fsp3) is 0.917. The number of ether oxygens (including phenoxy) is 2. The van der Waals surface area contributed by atoms with Gasteiger partial charge in [-0.15, -0.1) is 0 Å². The summed E-state index contributed by atoms with van der Waals surface area (Å²) in [6, 6.07) is -0.938. The van der Waals surface area contributed by atoms with Gasteiger partial charge in [-0.25, -0.2) is 0 Å². The molecular weight excluding hydrogens is 296 g/mol. The van der Waals surface area contributed by atoms with E-state index >= 15 is 0 Å². The number of hydrogen-bond donors (Lipinski definition) is 4. The molecule has 1 heterocycles. The molecular formula is C12H22N4O6. The average Bonchev–Trinajstić information content (AvgIpc) is 2.49. The zero-order chi connectivity index (χ0) is 16.5. The zero-order valence-electron chi connectivity index (χ0n) is 12.3. The first-order valence-corrected chi connectivity index (χ1v) is 7.03. The Hall–Kier alpha value is -1.42. The second-order valence-electron chi connectivity index (χ2n) is 4.97. The van der Waals surface area contributed by atoms with Crippen LogP contribution in [0.4, 0.5) is 0 Å². The van der Waals surface area contributed by atoms with Crippen molar-refractivity contribution in [2.75, 3.05) is 19.8 Å². The van der Waals surface area contributed by atoms with Crippen molar-refractivity contribution in [2.24, 2.45) is 5.11 Å². The molecule has 0 spiro atoms. The van der Waals surface area contributed by atoms with E-state index in [1.54, 1.807) is 0 Å². The van der Waals surface area contributed by atoms with Crippen molar-refractivity contribution in [3.63, 3.8) is 0 Å². The zero-order valence-corrected chi connectivity index (χ0v) is 12.3. The van der Waals surface area contributed by atoms with Crippen molar-refractivity contribution < 1.29 is 29.6 Å². The van der Waals surface area contributed by atoms with E-state index in [0.29, 0.717) is 19.4 Å². The number of aliphatic hydroxyl groups is 3. The van der Waals surface area contributed by atoms with E-state index < -0.39 is 43.2 Å². The van der Waals surface area contributed by atoms with Gasteiger partial charge in [0.25, 0.3) is 0 Å². The molecule has 1 amide bonds. The van der Waals surface area contributed by atoms with Gasteiger partial charge in [0.15, 0.2) is 6.29 Å². The maximum Gasteiger partial charge on any atom is 0.217 e. The second kappa shape index (κ2) is 9.57. The Morgan fingerprint density at radius 3 is 2.73 bits per heavy atom. The topological polar surface area (TPSA) is 157 Å². The summed E-state index contributed by atoms with van der Waals surface area (Å²) in [5.74, 6) is -0.403. The predicted molar refractivity (Wildman–Crippen MR) is 74.6 cm³/mol. The molecule has 10 heteroatoms. The van der Waals surface area contributed by atoms with Crippen LogP contribution in [0.15, 0.2) is 5.11 Å². The molecule has 5 unspecified atom stereocenters. The van der Waals surface area contributed by atoms with Crippen LogP contribution in [-0.2, 0) is 14.3 Å². The summed E-state index contributed by atoms with van der Waals surface area (Å²) < 4.78 is 10.9. The maximum atomic E-state index is 11.2. The molecule has 0 aromatic heterocycles. The van der Waals surface area contributed by atoms with E-state index in [9.17, 15) is 15.0 Å². The minimum atomic E-state index is -1.33. The molecule has 4 N–H and O–H groups in total. The second-order valence-corrected chi connectivity index (χ2v) is 4.97. The Bertz CT molecular complexity index is 403. The number of aliphatic hydroxyl groups excluding tert-OH is 3. The summed E-state index contributed by atoms with van der Waals surface area (Å²) in [5.41, 5.74) is 8.15. The van der Waals surface area contributed by atoms with E-state index in [0.717, 1.165) is 0 Å². The van der Waals surface area contributed by atoms with Gasteiger partial charge in [-0.2, -0.15) is 0 Å². The molecule has 5 atom stereocenters. The number of rotatable bonds is 8. The molecule has 1 aliphatic heterocycles. The quantitative estimate of drug-likeness (QED) is 0.195. The molecule has 10 nitrogen and oxygen atoms in total. The van der Waals surface area contributed by atoms with Crippen LogP contribution in [0.3, 0.4) is 0 Å². The molecule has 1 aliphatic rings. The molecule has 1 rings (SSSR count). The van der Waals surface area contributed by atoms with E-state index in [4.69, 9.17) is 20.1 Å². The van der Waals surface area contributed by atoms with E-state index in [1.165, 1.54) is 6.92 Å². The fourth-order valence-corrected chi connectivity index (χ4v) is 2.14. The molecule has 0 aromatic carbocycles. The molecule has 126 valence electrons. The fourth-order valence-electron chi connectivity index (χ4n) is 2.14. The normalized spacial score (nSPS) is 31.4. The molecule has 22 heavy (non-hydrogen) atoms. The number of carbonyl (C=O) groups is 1. The molecule has 0 saturated carbocycles. The molecule has 1 saturated heterocycles. The van der Waals surface area contributed by atoms with Gasteiger partial charge < -0.3 is 30.1 Å². The SMILES string of the molecule is CC(=O)NC1C(OCCCCN=[N+]=[N-])OC(CO)C(O)C1O. The van der Waals surface area contributed by atoms with E-state index in [1.807, 2.05) is 0 Å². The summed E-state index contributed by atoms with van der Waals surface area (Å²) >= 11 is 0. The van der Waals surface area contributed by atoms with Crippen LogP contribution in [0.2, 0.25) is 0 Å². The van der Waals surface area contributed by atoms with Gasteiger partial charge in [-0.05, 0) is 18.4 Å². The van der Waals surface area contributed by atoms with Crippen LogP contribution in [0.5, 0.6) is 0 Å². The van der Waals surface area contributed by atoms with Crippen LogP contribution in [0.1, 0.15) is 19.8 Å². The first-order chi connectivity index (χ1) is 10.5. The smallest absolute Gasteiger partial charge is 0.217 e. The first kappa shape index (κ1) is 18.6. The lowest BCUT2D eigenvalue weighted by Gasteiger charge is -2.42. The van der Waals surface area contributed by atoms with Crippen LogP contribution < -0.4 is 5.32 Å². The van der Waals surface area contributed by atoms with E-state index in [2.05, 4.69) is 15.3 Å². The van der Waals surface area contributed by atoms with Crippen molar-refractivity contribution in [3.8, 4) is 0 Å². The monoisotopic (exact) mass is 318 g/mol. The molecule has 0 aromatic rings. The van der Waals surface area contributed by atoms with Crippen LogP contribution in [0.25, 0.3) is 10.4 Å². The third kappa shape index (κ3) is 5.41. The van der Waals surface area contributed by atoms with Gasteiger partial charge in [-0.1, -0.05) is 5.11 Å². The van der Waals surface area contributed by atoms with Gasteiger partial charge in [-0.3, -0.25) is 4.79 Å². The van der Waals surface area contributed by atoms with Crippen molar-refractivity contribution in [3.05, 3.63) is 10.4 Å². The number of unbranched alkanes of at least 4 members (excludes halogenated alkanes) is 1. The summed E-state index contributed by atoms with van der Waals surface area (Å²) in [6.45, 7) is 1.39. The van der Waals surface area contributed by atoms with Crippen LogP contribution in [-0.4, -0.2) is 71.6 Å². The number of hydrogen-bond acceptors (Lipinski definition) is 7. The highest BCUT2D eigenvalue weighted by molar-refractivity contribution is 5.73. The van der Waals surface area contributed by atoms with E-state index in [-0.39, 0.29) is 6.61 Å². The van der Waals surface area contributed by atoms with Gasteiger partial charge in [0, 0.05) is 25.0 Å². The molecule has 0 radical (unpaired) electrons. The lowest BCUT2D eigenvalue weighted by Crippen LogP contribution is -2.64. The number of amides is 1. The average molecular weight is 318 g/mol. The highest BCUT2D eigenvalue weighted by Crippen LogP contribution is 2.22. The predicted octanol–water partition coefficient (Wildman–Crippen LogP) is -0.963. The molecule has 1 fully saturated rings. The lowest BCUT2D eigenvalue weighted by molar-refractivity contribution is -0.270. The Labute approximate surface area is 127 Å². The van der Waals surface area contributed by atoms with Crippen molar-refractivity contribution in [1.29, 1.82) is 0 Å². The Morgan fingerprint density at radius 1 is 1.41 bits per heavy atom. The van der Waals surface area contributed by atoms with Gasteiger partial charge >= 0.3 is 0 Å². The summed E-state index contributed by atoms with van der Waals surface area (Å²) in [6.07, 6.45) is -3.41. The number of carbonyl (C=O) groups excluding carboxylic acids is 1. The Morgan fingerprint density at radius 2 is 2.14 bits per heavy atom. The number of azide groups is 1. The minimum Gasteiger partial charge on any atom is -0.394 e. The van der Waals surface area contributed by atoms with Gasteiger partial charge in [0.2, 0.25) is 5.91 Å². The summed E-state index contributed by atoms with van der Waals surface area (Å²) in [7, 11) is 0. The van der Waals surface area contributed by atoms with Gasteiger partial charge in [0.05, 0.1) is 6.61 Å². The minimum absolute atomic E-state index is 0.253. The highest BCUT2D eigenvalue weighted by atomic mass is 16.7. The largest absolute Gasteiger partial charge is 0.394 e. The third-order valence-corrected chi connectivity index (χ3v) is 3.25. The standard InChI is InChI=1S/C12H22N4O6/c1-7(18)15-9-11(20)10(19)8(6-17)22-12(9)21-5-3-2-4-14-16-13/h8-12,17,19-20H,2-6H2,1H3,(H,15,18). The van der Waals surface area contributed by atoms with Gasteiger partial charge in [0.1, 0.15) is 24.4 Å². The number of nitrogens with one attached hydrogen (secondary N) is 1. The summed E-state index contributed by atoms with van der Waals surface area (Å²) in [5, 5.41) is 34.9. The van der Waals surface area contributed by atoms with Crippen molar-refractivity contribution in [2.45, 2.75) is 50.4 Å². The van der Waals surface area contributed by atoms with Crippen molar-refractivity contribution >= 4 is 5.91 Å². The Balaban J connectivity index is 2.57. The Kier molecular flexibility index (Phi) is 8.10. The maximum absolute atomic E-state index is 11.2. The molecule has 0 bridgehead atoms. The number of nitrogens with zero attached hydrogens (tertiary/aromatic N) is 3.